The monoisotopic (exact) mass is 407 g/mol. The number of carbonyl (C=O) groups excluding carboxylic acids is 2. The second-order valence-corrected chi connectivity index (χ2v) is 6.78. The molecule has 0 fully saturated rings. The number of nitrogens with one attached hydrogen (secondary N) is 1. The smallest absolute Gasteiger partial charge is 0.359 e. The Morgan fingerprint density at radius 3 is 2.71 bits per heavy atom. The van der Waals surface area contributed by atoms with Crippen molar-refractivity contribution in [3.05, 3.63) is 43.3 Å². The van der Waals surface area contributed by atoms with E-state index < -0.39 is 18.0 Å². The number of rotatable bonds is 5. The standard InChI is InChI=1S/C14H12Cl3N3O3S/c1-6(13(21)19-5-7-3-2-4-24-7)23-14(22)11-8(15)10(18)9(16)12(17)20-11/h2-4,6H,5H2,1H3,(H2,18,20)(H,19,21)/t6-/m1/s1. The highest BCUT2D eigenvalue weighted by Gasteiger charge is 2.24. The molecule has 2 heterocycles. The number of nitrogens with two attached hydrogens (primary N) is 1. The molecule has 1 atom stereocenters. The number of hydrogen-bond acceptors (Lipinski definition) is 6. The van der Waals surface area contributed by atoms with Gasteiger partial charge < -0.3 is 15.8 Å². The van der Waals surface area contributed by atoms with Crippen LogP contribution in [-0.2, 0) is 16.1 Å². The Balaban J connectivity index is 2.02. The van der Waals surface area contributed by atoms with Crippen LogP contribution in [-0.4, -0.2) is 23.0 Å². The Kier molecular flexibility index (Phi) is 6.28. The van der Waals surface area contributed by atoms with E-state index in [1.54, 1.807) is 0 Å². The van der Waals surface area contributed by atoms with Crippen molar-refractivity contribution in [1.29, 1.82) is 0 Å². The highest BCUT2D eigenvalue weighted by molar-refractivity contribution is 7.09. The van der Waals surface area contributed by atoms with Crippen LogP contribution in [0.4, 0.5) is 5.69 Å². The fourth-order valence-corrected chi connectivity index (χ4v) is 2.90. The van der Waals surface area contributed by atoms with Gasteiger partial charge in [-0.2, -0.15) is 0 Å². The number of halogens is 3. The van der Waals surface area contributed by atoms with E-state index in [-0.39, 0.29) is 26.6 Å². The van der Waals surface area contributed by atoms with E-state index in [0.29, 0.717) is 6.54 Å². The van der Waals surface area contributed by atoms with Gasteiger partial charge in [-0.25, -0.2) is 9.78 Å². The molecule has 3 N–H and O–H groups in total. The third-order valence-electron chi connectivity index (χ3n) is 2.94. The van der Waals surface area contributed by atoms with Crippen molar-refractivity contribution in [2.24, 2.45) is 0 Å². The van der Waals surface area contributed by atoms with Crippen molar-refractivity contribution in [3.63, 3.8) is 0 Å². The molecule has 0 saturated carbocycles. The molecular formula is C14H12Cl3N3O3S. The first kappa shape index (κ1) is 18.8. The Morgan fingerprint density at radius 2 is 2.08 bits per heavy atom. The van der Waals surface area contributed by atoms with Crippen molar-refractivity contribution in [1.82, 2.24) is 10.3 Å². The second kappa shape index (κ2) is 8.02. The predicted molar refractivity (Wildman–Crippen MR) is 94.7 cm³/mol. The van der Waals surface area contributed by atoms with Crippen LogP contribution in [0.15, 0.2) is 17.5 Å². The van der Waals surface area contributed by atoms with Crippen LogP contribution in [0.5, 0.6) is 0 Å². The predicted octanol–water partition coefficient (Wildman–Crippen LogP) is 3.55. The summed E-state index contributed by atoms with van der Waals surface area (Å²) in [7, 11) is 0. The van der Waals surface area contributed by atoms with E-state index in [2.05, 4.69) is 10.3 Å². The molecule has 0 unspecified atom stereocenters. The van der Waals surface area contributed by atoms with Crippen LogP contribution >= 0.6 is 46.1 Å². The number of aromatic nitrogens is 1. The minimum Gasteiger partial charge on any atom is -0.448 e. The summed E-state index contributed by atoms with van der Waals surface area (Å²) in [6.45, 7) is 1.77. The zero-order valence-electron chi connectivity index (χ0n) is 12.3. The first-order valence-corrected chi connectivity index (χ1v) is 8.63. The van der Waals surface area contributed by atoms with Gasteiger partial charge in [-0.05, 0) is 18.4 Å². The number of amides is 1. The molecule has 6 nitrogen and oxygen atoms in total. The molecule has 0 bridgehead atoms. The molecule has 2 aromatic heterocycles. The Labute approximate surface area is 156 Å². The zero-order chi connectivity index (χ0) is 17.9. The SMILES string of the molecule is C[C@@H](OC(=O)c1nc(Cl)c(Cl)c(N)c1Cl)C(=O)NCc1cccs1. The summed E-state index contributed by atoms with van der Waals surface area (Å²) >= 11 is 19.0. The third kappa shape index (κ3) is 4.30. The van der Waals surface area contributed by atoms with Gasteiger partial charge in [0.2, 0.25) is 0 Å². The van der Waals surface area contributed by atoms with Gasteiger partial charge in [0, 0.05) is 4.88 Å². The number of nitrogens with zero attached hydrogens (tertiary/aromatic N) is 1. The van der Waals surface area contributed by atoms with Crippen LogP contribution < -0.4 is 11.1 Å². The number of thiophene rings is 1. The van der Waals surface area contributed by atoms with Gasteiger partial charge in [0.25, 0.3) is 5.91 Å². The summed E-state index contributed by atoms with van der Waals surface area (Å²) in [4.78, 5) is 28.8. The fraction of sp³-hybridized carbons (Fsp3) is 0.214. The highest BCUT2D eigenvalue weighted by atomic mass is 35.5. The lowest BCUT2D eigenvalue weighted by atomic mass is 10.3. The quantitative estimate of drug-likeness (QED) is 0.583. The molecule has 24 heavy (non-hydrogen) atoms. The number of nitrogen functional groups attached to an aromatic ring is 1. The normalized spacial score (nSPS) is 11.8. The lowest BCUT2D eigenvalue weighted by Gasteiger charge is -2.14. The number of carbonyl (C=O) groups is 2. The van der Waals surface area contributed by atoms with Crippen LogP contribution in [0, 0.1) is 0 Å². The molecule has 0 spiro atoms. The van der Waals surface area contributed by atoms with Crippen LogP contribution in [0.25, 0.3) is 0 Å². The summed E-state index contributed by atoms with van der Waals surface area (Å²) in [5.74, 6) is -1.38. The Hall–Kier alpha value is -1.54. The van der Waals surface area contributed by atoms with Gasteiger partial charge in [-0.1, -0.05) is 40.9 Å². The molecular weight excluding hydrogens is 397 g/mol. The zero-order valence-corrected chi connectivity index (χ0v) is 15.4. The van der Waals surface area contributed by atoms with Gasteiger partial charge in [0.1, 0.15) is 5.02 Å². The number of ether oxygens (including phenoxy) is 1. The molecule has 0 aliphatic carbocycles. The van der Waals surface area contributed by atoms with E-state index in [1.807, 2.05) is 17.5 Å². The molecule has 0 aliphatic heterocycles. The van der Waals surface area contributed by atoms with Crippen LogP contribution in [0.3, 0.4) is 0 Å². The Bertz CT molecular complexity index is 768. The van der Waals surface area contributed by atoms with Crippen molar-refractivity contribution >= 4 is 63.7 Å². The van der Waals surface area contributed by atoms with Crippen molar-refractivity contribution in [2.45, 2.75) is 19.6 Å². The lowest BCUT2D eigenvalue weighted by Crippen LogP contribution is -2.35. The minimum atomic E-state index is -1.05. The largest absolute Gasteiger partial charge is 0.448 e. The maximum Gasteiger partial charge on any atom is 0.359 e. The third-order valence-corrected chi connectivity index (χ3v) is 4.95. The van der Waals surface area contributed by atoms with Crippen molar-refractivity contribution in [2.75, 3.05) is 5.73 Å². The molecule has 1 amide bonds. The summed E-state index contributed by atoms with van der Waals surface area (Å²) in [5, 5.41) is 4.14. The second-order valence-electron chi connectivity index (χ2n) is 4.64. The van der Waals surface area contributed by atoms with Crippen molar-refractivity contribution < 1.29 is 14.3 Å². The molecule has 0 aliphatic rings. The number of hydrogen-bond donors (Lipinski definition) is 2. The molecule has 10 heteroatoms. The average Bonchev–Trinajstić information content (AvgIpc) is 3.07. The molecule has 0 radical (unpaired) electrons. The van der Waals surface area contributed by atoms with Crippen LogP contribution in [0.2, 0.25) is 15.2 Å². The Morgan fingerprint density at radius 1 is 1.38 bits per heavy atom. The summed E-state index contributed by atoms with van der Waals surface area (Å²) < 4.78 is 5.05. The number of anilines is 1. The summed E-state index contributed by atoms with van der Waals surface area (Å²) in [6.07, 6.45) is -1.05. The molecule has 0 aromatic carbocycles. The average molecular weight is 409 g/mol. The minimum absolute atomic E-state index is 0.0556. The number of pyridine rings is 1. The molecule has 0 saturated heterocycles. The maximum absolute atomic E-state index is 12.1. The van der Waals surface area contributed by atoms with Gasteiger partial charge in [0.15, 0.2) is 17.0 Å². The summed E-state index contributed by atoms with van der Waals surface area (Å²) in [6, 6.07) is 3.75. The van der Waals surface area contributed by atoms with Gasteiger partial charge >= 0.3 is 5.97 Å². The van der Waals surface area contributed by atoms with E-state index >= 15 is 0 Å². The topological polar surface area (TPSA) is 94.3 Å². The van der Waals surface area contributed by atoms with E-state index in [1.165, 1.54) is 18.3 Å². The van der Waals surface area contributed by atoms with E-state index in [0.717, 1.165) is 4.88 Å². The van der Waals surface area contributed by atoms with Gasteiger partial charge in [0.05, 0.1) is 17.3 Å². The first-order chi connectivity index (χ1) is 11.3. The number of esters is 1. The van der Waals surface area contributed by atoms with E-state index in [9.17, 15) is 9.59 Å². The maximum atomic E-state index is 12.1. The van der Waals surface area contributed by atoms with E-state index in [4.69, 9.17) is 45.3 Å². The van der Waals surface area contributed by atoms with Gasteiger partial charge in [-0.15, -0.1) is 11.3 Å². The van der Waals surface area contributed by atoms with Gasteiger partial charge in [-0.3, -0.25) is 4.79 Å². The molecule has 2 rings (SSSR count). The fourth-order valence-electron chi connectivity index (χ4n) is 1.67. The first-order valence-electron chi connectivity index (χ1n) is 6.62. The van der Waals surface area contributed by atoms with Crippen LogP contribution in [0.1, 0.15) is 22.3 Å². The molecule has 2 aromatic rings. The lowest BCUT2D eigenvalue weighted by molar-refractivity contribution is -0.129. The highest BCUT2D eigenvalue weighted by Crippen LogP contribution is 2.34. The molecule has 128 valence electrons. The summed E-state index contributed by atoms with van der Waals surface area (Å²) in [5.41, 5.74) is 5.25. The van der Waals surface area contributed by atoms with Crippen molar-refractivity contribution in [3.8, 4) is 0 Å².